The van der Waals surface area contributed by atoms with Gasteiger partial charge in [0.15, 0.2) is 5.13 Å². The topological polar surface area (TPSA) is 36.4 Å². The predicted molar refractivity (Wildman–Crippen MR) is 111 cm³/mol. The van der Waals surface area contributed by atoms with Gasteiger partial charge in [0.25, 0.3) is 0 Å². The van der Waals surface area contributed by atoms with Crippen LogP contribution in [0, 0.1) is 6.92 Å². The van der Waals surface area contributed by atoms with E-state index in [2.05, 4.69) is 9.88 Å². The zero-order valence-corrected chi connectivity index (χ0v) is 16.8. The van der Waals surface area contributed by atoms with E-state index in [1.807, 2.05) is 36.6 Å². The fraction of sp³-hybridized carbons (Fsp3) is 0.389. The normalized spacial score (nSPS) is 13.9. The van der Waals surface area contributed by atoms with Crippen LogP contribution >= 0.6 is 35.3 Å². The largest absolute Gasteiger partial charge is 0.358 e. The minimum absolute atomic E-state index is 0.0354. The molecule has 1 amide bonds. The molecule has 0 spiro atoms. The minimum atomic E-state index is -0.0354. The molecule has 25 heavy (non-hydrogen) atoms. The Labute approximate surface area is 162 Å². The molecular formula is C18H21N3OS3. The Balaban J connectivity index is 1.70. The molecule has 1 aromatic carbocycles. The Morgan fingerprint density at radius 3 is 2.84 bits per heavy atom. The van der Waals surface area contributed by atoms with Crippen molar-refractivity contribution in [2.24, 2.45) is 0 Å². The lowest BCUT2D eigenvalue weighted by Gasteiger charge is -2.18. The second kappa shape index (κ2) is 8.29. The molecule has 0 N–H and O–H groups in total. The fourth-order valence-electron chi connectivity index (χ4n) is 2.79. The average Bonchev–Trinajstić information content (AvgIpc) is 3.25. The molecule has 1 aliphatic heterocycles. The fourth-order valence-corrected chi connectivity index (χ4v) is 4.92. The van der Waals surface area contributed by atoms with E-state index in [4.69, 9.17) is 12.2 Å². The molecule has 4 nitrogen and oxygen atoms in total. The first-order chi connectivity index (χ1) is 12.0. The molecular weight excluding hydrogens is 370 g/mol. The number of likely N-dealkylation sites (tertiary alicyclic amines) is 1. The SMILES string of the molecule is CC(=O)N(c1cccc(C)c1)c1nc(CSC(=S)N2CCCC2)cs1. The van der Waals surface area contributed by atoms with Crippen molar-refractivity contribution in [2.45, 2.75) is 32.4 Å². The monoisotopic (exact) mass is 391 g/mol. The van der Waals surface area contributed by atoms with Gasteiger partial charge in [0.2, 0.25) is 5.91 Å². The summed E-state index contributed by atoms with van der Waals surface area (Å²) in [5.41, 5.74) is 2.94. The van der Waals surface area contributed by atoms with E-state index in [1.54, 1.807) is 23.6 Å². The molecule has 2 heterocycles. The van der Waals surface area contributed by atoms with E-state index in [1.165, 1.54) is 24.2 Å². The number of carbonyl (C=O) groups excluding carboxylic acids is 1. The molecule has 7 heteroatoms. The van der Waals surface area contributed by atoms with E-state index < -0.39 is 0 Å². The van der Waals surface area contributed by atoms with Crippen LogP contribution in [-0.2, 0) is 10.5 Å². The summed E-state index contributed by atoms with van der Waals surface area (Å²) in [6, 6.07) is 7.91. The summed E-state index contributed by atoms with van der Waals surface area (Å²) >= 11 is 8.65. The molecule has 0 radical (unpaired) electrons. The number of aromatic nitrogens is 1. The number of hydrogen-bond acceptors (Lipinski definition) is 5. The number of aryl methyl sites for hydroxylation is 1. The van der Waals surface area contributed by atoms with Crippen LogP contribution in [0.1, 0.15) is 31.0 Å². The number of nitrogens with zero attached hydrogens (tertiary/aromatic N) is 3. The molecule has 0 aliphatic carbocycles. The first-order valence-corrected chi connectivity index (χ1v) is 10.6. The number of anilines is 2. The number of rotatable bonds is 4. The van der Waals surface area contributed by atoms with Gasteiger partial charge in [-0.05, 0) is 37.5 Å². The molecule has 2 aromatic rings. The lowest BCUT2D eigenvalue weighted by atomic mass is 10.2. The second-order valence-electron chi connectivity index (χ2n) is 6.06. The Morgan fingerprint density at radius 1 is 1.40 bits per heavy atom. The minimum Gasteiger partial charge on any atom is -0.358 e. The number of hydrogen-bond donors (Lipinski definition) is 0. The number of carbonyl (C=O) groups is 1. The molecule has 132 valence electrons. The third-order valence-electron chi connectivity index (χ3n) is 4.01. The van der Waals surface area contributed by atoms with Crippen LogP contribution in [0.4, 0.5) is 10.8 Å². The van der Waals surface area contributed by atoms with E-state index >= 15 is 0 Å². The van der Waals surface area contributed by atoms with Crippen LogP contribution in [0.15, 0.2) is 29.6 Å². The molecule has 0 bridgehead atoms. The van der Waals surface area contributed by atoms with E-state index in [0.29, 0.717) is 5.13 Å². The van der Waals surface area contributed by atoms with Crippen molar-refractivity contribution in [3.8, 4) is 0 Å². The summed E-state index contributed by atoms with van der Waals surface area (Å²) in [6.07, 6.45) is 2.46. The number of thioether (sulfide) groups is 1. The lowest BCUT2D eigenvalue weighted by Crippen LogP contribution is -2.23. The van der Waals surface area contributed by atoms with Gasteiger partial charge in [-0.1, -0.05) is 36.1 Å². The number of thiazole rings is 1. The van der Waals surface area contributed by atoms with Crippen LogP contribution in [-0.4, -0.2) is 33.2 Å². The number of benzene rings is 1. The smallest absolute Gasteiger partial charge is 0.230 e. The van der Waals surface area contributed by atoms with Crippen molar-refractivity contribution in [1.82, 2.24) is 9.88 Å². The molecule has 0 unspecified atom stereocenters. The van der Waals surface area contributed by atoms with Crippen LogP contribution in [0.2, 0.25) is 0 Å². The maximum atomic E-state index is 12.2. The Bertz CT molecular complexity index is 768. The third kappa shape index (κ3) is 4.59. The van der Waals surface area contributed by atoms with Gasteiger partial charge in [-0.3, -0.25) is 9.69 Å². The summed E-state index contributed by atoms with van der Waals surface area (Å²) in [4.78, 5) is 20.8. The van der Waals surface area contributed by atoms with Gasteiger partial charge in [-0.25, -0.2) is 4.98 Å². The molecule has 0 atom stereocenters. The van der Waals surface area contributed by atoms with Crippen molar-refractivity contribution >= 4 is 56.4 Å². The Morgan fingerprint density at radius 2 is 2.16 bits per heavy atom. The highest BCUT2D eigenvalue weighted by Gasteiger charge is 2.19. The van der Waals surface area contributed by atoms with Crippen LogP contribution < -0.4 is 4.90 Å². The standard InChI is InChI=1S/C18H21N3OS3/c1-13-6-5-7-16(10-13)21(14(2)22)17-19-15(11-24-17)12-25-18(23)20-8-3-4-9-20/h5-7,10-11H,3-4,8-9,12H2,1-2H3. The summed E-state index contributed by atoms with van der Waals surface area (Å²) < 4.78 is 0.953. The molecule has 1 saturated heterocycles. The van der Waals surface area contributed by atoms with Crippen molar-refractivity contribution in [3.63, 3.8) is 0 Å². The quantitative estimate of drug-likeness (QED) is 0.703. The van der Waals surface area contributed by atoms with Gasteiger partial charge in [-0.15, -0.1) is 11.3 Å². The van der Waals surface area contributed by atoms with Gasteiger partial charge < -0.3 is 4.90 Å². The molecule has 1 aliphatic rings. The van der Waals surface area contributed by atoms with Gasteiger partial charge in [0, 0.05) is 31.1 Å². The number of thiocarbonyl (C=S) groups is 1. The first-order valence-electron chi connectivity index (χ1n) is 8.28. The lowest BCUT2D eigenvalue weighted by molar-refractivity contribution is -0.115. The predicted octanol–water partition coefficient (Wildman–Crippen LogP) is 4.75. The maximum Gasteiger partial charge on any atom is 0.230 e. The van der Waals surface area contributed by atoms with Crippen LogP contribution in [0.5, 0.6) is 0 Å². The highest BCUT2D eigenvalue weighted by Crippen LogP contribution is 2.31. The number of amides is 1. The first kappa shape index (κ1) is 18.4. The third-order valence-corrected chi connectivity index (χ3v) is 6.45. The zero-order chi connectivity index (χ0) is 17.8. The van der Waals surface area contributed by atoms with E-state index in [0.717, 1.165) is 40.1 Å². The zero-order valence-electron chi connectivity index (χ0n) is 14.4. The van der Waals surface area contributed by atoms with Gasteiger partial charge in [0.05, 0.1) is 11.4 Å². The summed E-state index contributed by atoms with van der Waals surface area (Å²) in [5, 5.41) is 2.72. The van der Waals surface area contributed by atoms with E-state index in [-0.39, 0.29) is 5.91 Å². The summed E-state index contributed by atoms with van der Waals surface area (Å²) in [6.45, 7) is 5.73. The average molecular weight is 392 g/mol. The summed E-state index contributed by atoms with van der Waals surface area (Å²) in [5.74, 6) is 0.706. The van der Waals surface area contributed by atoms with Crippen molar-refractivity contribution in [3.05, 3.63) is 40.9 Å². The van der Waals surface area contributed by atoms with Crippen molar-refractivity contribution in [1.29, 1.82) is 0 Å². The van der Waals surface area contributed by atoms with E-state index in [9.17, 15) is 4.79 Å². The van der Waals surface area contributed by atoms with Gasteiger partial charge in [0.1, 0.15) is 4.32 Å². The van der Waals surface area contributed by atoms with Crippen LogP contribution in [0.25, 0.3) is 0 Å². The maximum absolute atomic E-state index is 12.2. The Hall–Kier alpha value is -1.44. The molecule has 1 aromatic heterocycles. The highest BCUT2D eigenvalue weighted by molar-refractivity contribution is 8.22. The van der Waals surface area contributed by atoms with Gasteiger partial charge >= 0.3 is 0 Å². The van der Waals surface area contributed by atoms with Crippen LogP contribution in [0.3, 0.4) is 0 Å². The summed E-state index contributed by atoms with van der Waals surface area (Å²) in [7, 11) is 0. The van der Waals surface area contributed by atoms with Gasteiger partial charge in [-0.2, -0.15) is 0 Å². The Kier molecular flexibility index (Phi) is 6.09. The van der Waals surface area contributed by atoms with Crippen molar-refractivity contribution in [2.75, 3.05) is 18.0 Å². The second-order valence-corrected chi connectivity index (χ2v) is 8.51. The molecule has 1 fully saturated rings. The van der Waals surface area contributed by atoms with Crippen molar-refractivity contribution < 1.29 is 4.79 Å². The molecule has 3 rings (SSSR count). The molecule has 0 saturated carbocycles. The highest BCUT2D eigenvalue weighted by atomic mass is 32.2.